The average molecular weight is 334 g/mol. The zero-order valence-electron chi connectivity index (χ0n) is 15.1. The van der Waals surface area contributed by atoms with Crippen molar-refractivity contribution in [3.63, 3.8) is 0 Å². The van der Waals surface area contributed by atoms with Gasteiger partial charge in [-0.1, -0.05) is 18.2 Å². The fraction of sp³-hybridized carbons (Fsp3) is 0.632. The van der Waals surface area contributed by atoms with Gasteiger partial charge in [0, 0.05) is 26.2 Å². The number of nitrogens with one attached hydrogen (secondary N) is 1. The van der Waals surface area contributed by atoms with Gasteiger partial charge in [-0.3, -0.25) is 0 Å². The van der Waals surface area contributed by atoms with E-state index in [1.54, 1.807) is 0 Å². The van der Waals surface area contributed by atoms with E-state index in [1.165, 1.54) is 0 Å². The number of likely N-dealkylation sites (N-methyl/N-ethyl adjacent to an activating group) is 1. The molecule has 0 aliphatic carbocycles. The number of urea groups is 1. The van der Waals surface area contributed by atoms with Crippen molar-refractivity contribution in [2.75, 3.05) is 32.8 Å². The molecule has 0 bridgehead atoms. The first-order chi connectivity index (χ1) is 11.6. The number of carbonyl (C=O) groups excluding carboxylic acids is 1. The Balaban J connectivity index is 1.66. The van der Waals surface area contributed by atoms with Crippen LogP contribution in [0.3, 0.4) is 0 Å². The molecule has 1 N–H and O–H groups in total. The van der Waals surface area contributed by atoms with E-state index in [9.17, 15) is 4.79 Å². The van der Waals surface area contributed by atoms with Crippen LogP contribution < -0.4 is 10.1 Å². The van der Waals surface area contributed by atoms with Gasteiger partial charge >= 0.3 is 6.03 Å². The van der Waals surface area contributed by atoms with Gasteiger partial charge in [0.2, 0.25) is 0 Å². The van der Waals surface area contributed by atoms with Crippen LogP contribution in [-0.2, 0) is 4.74 Å². The lowest BCUT2D eigenvalue weighted by Gasteiger charge is -2.24. The molecule has 24 heavy (non-hydrogen) atoms. The topological polar surface area (TPSA) is 50.8 Å². The highest BCUT2D eigenvalue weighted by atomic mass is 16.5. The number of para-hydroxylation sites is 1. The van der Waals surface area contributed by atoms with E-state index in [1.807, 2.05) is 43.9 Å². The van der Waals surface area contributed by atoms with Gasteiger partial charge in [0.25, 0.3) is 0 Å². The highest BCUT2D eigenvalue weighted by Gasteiger charge is 2.21. The minimum absolute atomic E-state index is 0.0138. The van der Waals surface area contributed by atoms with Crippen molar-refractivity contribution >= 4 is 6.03 Å². The summed E-state index contributed by atoms with van der Waals surface area (Å²) in [5, 5.41) is 2.97. The third kappa shape index (κ3) is 5.41. The highest BCUT2D eigenvalue weighted by Crippen LogP contribution is 2.22. The molecular weight excluding hydrogens is 304 g/mol. The van der Waals surface area contributed by atoms with Crippen LogP contribution in [0.5, 0.6) is 5.75 Å². The van der Waals surface area contributed by atoms with Crippen molar-refractivity contribution in [2.45, 2.75) is 46.1 Å². The number of nitrogens with zero attached hydrogens (tertiary/aromatic N) is 1. The predicted molar refractivity (Wildman–Crippen MR) is 95.6 cm³/mol. The Morgan fingerprint density at radius 2 is 2.12 bits per heavy atom. The zero-order valence-corrected chi connectivity index (χ0v) is 15.1. The Morgan fingerprint density at radius 3 is 2.75 bits per heavy atom. The third-order valence-corrected chi connectivity index (χ3v) is 4.37. The molecule has 1 saturated heterocycles. The van der Waals surface area contributed by atoms with Crippen molar-refractivity contribution < 1.29 is 14.3 Å². The van der Waals surface area contributed by atoms with Crippen LogP contribution in [0.4, 0.5) is 4.79 Å². The van der Waals surface area contributed by atoms with Gasteiger partial charge in [-0.25, -0.2) is 4.79 Å². The van der Waals surface area contributed by atoms with Crippen molar-refractivity contribution in [1.29, 1.82) is 0 Å². The summed E-state index contributed by atoms with van der Waals surface area (Å²) in [6.07, 6.45) is 3.13. The molecule has 1 aliphatic rings. The van der Waals surface area contributed by atoms with E-state index in [0.29, 0.717) is 26.2 Å². The average Bonchev–Trinajstić information content (AvgIpc) is 3.07. The van der Waals surface area contributed by atoms with Crippen molar-refractivity contribution in [1.82, 2.24) is 10.2 Å². The van der Waals surface area contributed by atoms with Crippen LogP contribution in [0, 0.1) is 13.8 Å². The summed E-state index contributed by atoms with van der Waals surface area (Å²) in [7, 11) is 0. The smallest absolute Gasteiger partial charge is 0.317 e. The second kappa shape index (κ2) is 9.52. The van der Waals surface area contributed by atoms with Gasteiger partial charge < -0.3 is 19.7 Å². The van der Waals surface area contributed by atoms with E-state index >= 15 is 0 Å². The highest BCUT2D eigenvalue weighted by molar-refractivity contribution is 5.74. The summed E-state index contributed by atoms with van der Waals surface area (Å²) in [5.41, 5.74) is 2.29. The maximum absolute atomic E-state index is 12.2. The molecule has 1 unspecified atom stereocenters. The molecule has 5 nitrogen and oxygen atoms in total. The molecule has 0 aromatic heterocycles. The summed E-state index contributed by atoms with van der Waals surface area (Å²) in [6, 6.07) is 6.12. The largest absolute Gasteiger partial charge is 0.493 e. The quantitative estimate of drug-likeness (QED) is 0.742. The number of rotatable bonds is 8. The number of ether oxygens (including phenoxy) is 2. The lowest BCUT2D eigenvalue weighted by molar-refractivity contribution is 0.0826. The van der Waals surface area contributed by atoms with Gasteiger partial charge in [0.1, 0.15) is 5.75 Å². The van der Waals surface area contributed by atoms with Crippen LogP contribution >= 0.6 is 0 Å². The number of hydrogen-bond acceptors (Lipinski definition) is 3. The fourth-order valence-electron chi connectivity index (χ4n) is 2.97. The standard InChI is InChI=1S/C19H30N2O3/c1-4-21(14-17-10-6-12-23-17)19(22)20-11-7-13-24-18-15(2)8-5-9-16(18)3/h5,8-9,17H,4,6-7,10-14H2,1-3H3,(H,20,22). The second-order valence-corrected chi connectivity index (χ2v) is 6.33. The summed E-state index contributed by atoms with van der Waals surface area (Å²) in [6.45, 7) is 9.52. The minimum Gasteiger partial charge on any atom is -0.493 e. The molecule has 5 heteroatoms. The zero-order chi connectivity index (χ0) is 17.4. The molecule has 0 spiro atoms. The lowest BCUT2D eigenvalue weighted by atomic mass is 10.1. The van der Waals surface area contributed by atoms with Crippen molar-refractivity contribution in [2.24, 2.45) is 0 Å². The van der Waals surface area contributed by atoms with Gasteiger partial charge in [0.15, 0.2) is 0 Å². The van der Waals surface area contributed by atoms with Crippen LogP contribution in [0.1, 0.15) is 37.3 Å². The van der Waals surface area contributed by atoms with Crippen LogP contribution in [0.25, 0.3) is 0 Å². The molecule has 1 aromatic rings. The van der Waals surface area contributed by atoms with E-state index in [2.05, 4.69) is 5.32 Å². The maximum Gasteiger partial charge on any atom is 0.317 e. The first kappa shape index (κ1) is 18.6. The Bertz CT molecular complexity index is 507. The molecule has 1 fully saturated rings. The molecule has 1 aliphatic heterocycles. The number of benzene rings is 1. The third-order valence-electron chi connectivity index (χ3n) is 4.37. The number of carbonyl (C=O) groups is 1. The van der Waals surface area contributed by atoms with Gasteiger partial charge in [-0.2, -0.15) is 0 Å². The van der Waals surface area contributed by atoms with E-state index in [4.69, 9.17) is 9.47 Å². The minimum atomic E-state index is -0.0138. The second-order valence-electron chi connectivity index (χ2n) is 6.33. The summed E-state index contributed by atoms with van der Waals surface area (Å²) in [5.74, 6) is 0.956. The molecular formula is C19H30N2O3. The lowest BCUT2D eigenvalue weighted by Crippen LogP contribution is -2.44. The number of aryl methyl sites for hydroxylation is 2. The first-order valence-electron chi connectivity index (χ1n) is 8.95. The van der Waals surface area contributed by atoms with E-state index in [0.717, 1.165) is 42.7 Å². The molecule has 1 atom stereocenters. The summed E-state index contributed by atoms with van der Waals surface area (Å²) >= 11 is 0. The monoisotopic (exact) mass is 334 g/mol. The van der Waals surface area contributed by atoms with Crippen molar-refractivity contribution in [3.8, 4) is 5.75 Å². The van der Waals surface area contributed by atoms with E-state index in [-0.39, 0.29) is 12.1 Å². The Hall–Kier alpha value is -1.75. The molecule has 1 aromatic carbocycles. The summed E-state index contributed by atoms with van der Waals surface area (Å²) in [4.78, 5) is 14.0. The van der Waals surface area contributed by atoms with Crippen LogP contribution in [-0.4, -0.2) is 49.9 Å². The number of hydrogen-bond donors (Lipinski definition) is 1. The Morgan fingerprint density at radius 1 is 1.38 bits per heavy atom. The Kier molecular flexibility index (Phi) is 7.37. The van der Waals surface area contributed by atoms with Crippen molar-refractivity contribution in [3.05, 3.63) is 29.3 Å². The summed E-state index contributed by atoms with van der Waals surface area (Å²) < 4.78 is 11.5. The van der Waals surface area contributed by atoms with Gasteiger partial charge in [-0.15, -0.1) is 0 Å². The van der Waals surface area contributed by atoms with Crippen LogP contribution in [0.15, 0.2) is 18.2 Å². The molecule has 2 amide bonds. The van der Waals surface area contributed by atoms with E-state index < -0.39 is 0 Å². The van der Waals surface area contributed by atoms with Gasteiger partial charge in [-0.05, 0) is 51.2 Å². The molecule has 1 heterocycles. The molecule has 134 valence electrons. The first-order valence-corrected chi connectivity index (χ1v) is 8.95. The predicted octanol–water partition coefficient (Wildman–Crippen LogP) is 3.28. The normalized spacial score (nSPS) is 16.9. The maximum atomic E-state index is 12.2. The van der Waals surface area contributed by atoms with Crippen LogP contribution in [0.2, 0.25) is 0 Å². The fourth-order valence-corrected chi connectivity index (χ4v) is 2.97. The molecule has 2 rings (SSSR count). The number of amides is 2. The molecule has 0 saturated carbocycles. The SMILES string of the molecule is CCN(CC1CCCO1)C(=O)NCCCOc1c(C)cccc1C. The Labute approximate surface area is 145 Å². The molecule has 0 radical (unpaired) electrons. The van der Waals surface area contributed by atoms with Gasteiger partial charge in [0.05, 0.1) is 12.7 Å².